The predicted molar refractivity (Wildman–Crippen MR) is 163 cm³/mol. The molecule has 4 heterocycles. The number of anilines is 1. The highest BCUT2D eigenvalue weighted by atomic mass is 16.7. The molecular formula is C32H27N9O3. The number of rotatable bonds is 6. The summed E-state index contributed by atoms with van der Waals surface area (Å²) in [5, 5.41) is 38.4. The summed E-state index contributed by atoms with van der Waals surface area (Å²) in [6.45, 7) is 4.17. The van der Waals surface area contributed by atoms with Crippen LogP contribution in [0.3, 0.4) is 0 Å². The molecule has 6 aromatic rings. The summed E-state index contributed by atoms with van der Waals surface area (Å²) in [4.78, 5) is 27.0. The first kappa shape index (κ1) is 27.5. The van der Waals surface area contributed by atoms with Crippen molar-refractivity contribution in [3.63, 3.8) is 0 Å². The highest BCUT2D eigenvalue weighted by molar-refractivity contribution is 5.94. The summed E-state index contributed by atoms with van der Waals surface area (Å²) in [6, 6.07) is 25.3. The molecule has 1 aliphatic rings. The Morgan fingerprint density at radius 3 is 2.11 bits per heavy atom. The minimum atomic E-state index is -3.09. The van der Waals surface area contributed by atoms with Crippen LogP contribution in [0.1, 0.15) is 11.4 Å². The predicted octanol–water partition coefficient (Wildman–Crippen LogP) is 2.84. The molecule has 0 atom stereocenters. The van der Waals surface area contributed by atoms with E-state index in [9.17, 15) is 15.3 Å². The van der Waals surface area contributed by atoms with Gasteiger partial charge in [-0.05, 0) is 23.8 Å². The van der Waals surface area contributed by atoms with E-state index < -0.39 is 6.10 Å². The Morgan fingerprint density at radius 2 is 1.43 bits per heavy atom. The van der Waals surface area contributed by atoms with Gasteiger partial charge in [0.15, 0.2) is 0 Å². The zero-order chi connectivity index (χ0) is 30.3. The third-order valence-electron chi connectivity index (χ3n) is 7.77. The Bertz CT molecular complexity index is 2010. The molecule has 0 saturated carbocycles. The van der Waals surface area contributed by atoms with Crippen molar-refractivity contribution in [3.05, 3.63) is 96.7 Å². The highest BCUT2D eigenvalue weighted by Gasteiger charge is 2.25. The molecule has 44 heavy (non-hydrogen) atoms. The quantitative estimate of drug-likeness (QED) is 0.247. The van der Waals surface area contributed by atoms with Gasteiger partial charge in [0, 0.05) is 50.0 Å². The number of piperazine rings is 1. The summed E-state index contributed by atoms with van der Waals surface area (Å²) >= 11 is 0. The summed E-state index contributed by atoms with van der Waals surface area (Å²) in [7, 11) is 0. The van der Waals surface area contributed by atoms with Gasteiger partial charge >= 0.3 is 6.10 Å². The lowest BCUT2D eigenvalue weighted by Crippen LogP contribution is -2.46. The number of imidazole rings is 1. The molecular weight excluding hydrogens is 558 g/mol. The molecule has 3 aromatic heterocycles. The average molecular weight is 586 g/mol. The average Bonchev–Trinajstić information content (AvgIpc) is 3.48. The molecule has 218 valence electrons. The van der Waals surface area contributed by atoms with Crippen molar-refractivity contribution in [1.29, 1.82) is 5.26 Å². The van der Waals surface area contributed by atoms with Crippen LogP contribution in [0.4, 0.5) is 5.82 Å². The van der Waals surface area contributed by atoms with Gasteiger partial charge in [0.05, 0.1) is 33.5 Å². The molecule has 3 aromatic carbocycles. The lowest BCUT2D eigenvalue weighted by molar-refractivity contribution is -0.373. The second-order valence-electron chi connectivity index (χ2n) is 10.6. The van der Waals surface area contributed by atoms with Crippen LogP contribution in [0, 0.1) is 11.3 Å². The van der Waals surface area contributed by atoms with E-state index in [-0.39, 0.29) is 5.82 Å². The topological polar surface area (TPSA) is 160 Å². The Balaban J connectivity index is 1.16. The van der Waals surface area contributed by atoms with Gasteiger partial charge in [0.1, 0.15) is 18.2 Å². The van der Waals surface area contributed by atoms with Gasteiger partial charge in [-0.3, -0.25) is 9.47 Å². The Hall–Kier alpha value is -5.32. The number of nitriles is 1. The third kappa shape index (κ3) is 5.32. The number of aliphatic hydroxyl groups is 3. The number of aromatic nitrogens is 6. The molecule has 12 nitrogen and oxygen atoms in total. The first-order chi connectivity index (χ1) is 21.4. The lowest BCUT2D eigenvalue weighted by atomic mass is 10.0. The summed E-state index contributed by atoms with van der Waals surface area (Å²) in [5.41, 5.74) is 6.22. The zero-order valence-corrected chi connectivity index (χ0v) is 23.5. The lowest BCUT2D eigenvalue weighted by Gasteiger charge is -2.35. The SMILES string of the molecule is N#Cc1nccc(N2CCN(Cc3ccc(-c4nc5cc6ncn(C(O)(O)O)c6cc5nc4-c4ccccc4)cc3)CC2)n1. The van der Waals surface area contributed by atoms with Crippen molar-refractivity contribution in [3.8, 4) is 28.6 Å². The monoisotopic (exact) mass is 585 g/mol. The maximum Gasteiger partial charge on any atom is 0.374 e. The number of fused-ring (bicyclic) bond motifs is 2. The van der Waals surface area contributed by atoms with Crippen molar-refractivity contribution >= 4 is 27.9 Å². The minimum absolute atomic E-state index is 0.182. The van der Waals surface area contributed by atoms with Crippen LogP contribution >= 0.6 is 0 Å². The van der Waals surface area contributed by atoms with Crippen LogP contribution in [0.25, 0.3) is 44.6 Å². The van der Waals surface area contributed by atoms with E-state index in [1.54, 1.807) is 18.3 Å². The molecule has 0 unspecified atom stereocenters. The molecule has 0 radical (unpaired) electrons. The highest BCUT2D eigenvalue weighted by Crippen LogP contribution is 2.33. The number of nitrogens with zero attached hydrogens (tertiary/aromatic N) is 9. The molecule has 1 fully saturated rings. The number of hydrogen-bond acceptors (Lipinski definition) is 11. The molecule has 0 aliphatic carbocycles. The van der Waals surface area contributed by atoms with Crippen LogP contribution in [-0.2, 0) is 12.6 Å². The van der Waals surface area contributed by atoms with Crippen LogP contribution in [0.5, 0.6) is 0 Å². The van der Waals surface area contributed by atoms with Crippen LogP contribution in [0.15, 0.2) is 85.3 Å². The van der Waals surface area contributed by atoms with Crippen LogP contribution < -0.4 is 4.90 Å². The van der Waals surface area contributed by atoms with E-state index in [1.165, 1.54) is 5.56 Å². The summed E-state index contributed by atoms with van der Waals surface area (Å²) in [5.74, 6) is 0.963. The largest absolute Gasteiger partial charge is 0.374 e. The van der Waals surface area contributed by atoms with Crippen molar-refractivity contribution in [2.45, 2.75) is 12.6 Å². The number of benzene rings is 3. The van der Waals surface area contributed by atoms with E-state index in [2.05, 4.69) is 49.0 Å². The third-order valence-corrected chi connectivity index (χ3v) is 7.77. The Labute approximate surface area is 251 Å². The van der Waals surface area contributed by atoms with Crippen molar-refractivity contribution < 1.29 is 15.3 Å². The first-order valence-electron chi connectivity index (χ1n) is 14.1. The molecule has 1 aliphatic heterocycles. The van der Waals surface area contributed by atoms with Gasteiger partial charge in [-0.15, -0.1) is 0 Å². The van der Waals surface area contributed by atoms with E-state index in [1.807, 2.05) is 42.5 Å². The van der Waals surface area contributed by atoms with Gasteiger partial charge < -0.3 is 20.2 Å². The van der Waals surface area contributed by atoms with E-state index in [4.69, 9.17) is 15.2 Å². The maximum absolute atomic E-state index is 9.75. The fourth-order valence-electron chi connectivity index (χ4n) is 5.54. The van der Waals surface area contributed by atoms with Gasteiger partial charge in [0.2, 0.25) is 5.82 Å². The Morgan fingerprint density at radius 1 is 0.750 bits per heavy atom. The Kier molecular flexibility index (Phi) is 6.92. The fraction of sp³-hybridized carbons (Fsp3) is 0.188. The molecule has 12 heteroatoms. The van der Waals surface area contributed by atoms with E-state index >= 15 is 0 Å². The standard InChI is InChI=1S/C32H27N9O3/c33-18-28-34-11-10-29(38-28)40-14-12-39(13-15-40)19-21-6-8-23(9-7-21)31-30(22-4-2-1-3-5-22)37-25-17-27-26(16-24(25)36-31)35-20-41(27)32(42,43)44/h1-11,16-17,20,42-44H,12-15,19H2. The van der Waals surface area contributed by atoms with Gasteiger partial charge in [-0.2, -0.15) is 5.26 Å². The molecule has 7 rings (SSSR count). The van der Waals surface area contributed by atoms with Gasteiger partial charge in [0.25, 0.3) is 0 Å². The first-order valence-corrected chi connectivity index (χ1v) is 14.1. The van der Waals surface area contributed by atoms with Crippen molar-refractivity contribution in [2.75, 3.05) is 31.1 Å². The molecule has 0 amide bonds. The normalized spacial score (nSPS) is 14.3. The minimum Gasteiger partial charge on any atom is -0.354 e. The number of hydrogen-bond donors (Lipinski definition) is 3. The maximum atomic E-state index is 9.75. The van der Waals surface area contributed by atoms with Crippen LogP contribution in [0.2, 0.25) is 0 Å². The molecule has 0 bridgehead atoms. The van der Waals surface area contributed by atoms with Gasteiger partial charge in [-0.25, -0.2) is 24.9 Å². The van der Waals surface area contributed by atoms with Crippen molar-refractivity contribution in [2.24, 2.45) is 0 Å². The summed E-state index contributed by atoms with van der Waals surface area (Å²) in [6.07, 6.45) is -0.312. The van der Waals surface area contributed by atoms with Crippen LogP contribution in [-0.4, -0.2) is 75.9 Å². The second kappa shape index (κ2) is 11.1. The van der Waals surface area contributed by atoms with Crippen molar-refractivity contribution in [1.82, 2.24) is 34.4 Å². The fourth-order valence-corrected chi connectivity index (χ4v) is 5.54. The molecule has 0 spiro atoms. The smallest absolute Gasteiger partial charge is 0.354 e. The molecule has 3 N–H and O–H groups in total. The molecule has 1 saturated heterocycles. The second-order valence-corrected chi connectivity index (χ2v) is 10.6. The van der Waals surface area contributed by atoms with Gasteiger partial charge in [-0.1, -0.05) is 54.6 Å². The summed E-state index contributed by atoms with van der Waals surface area (Å²) < 4.78 is 0.860. The van der Waals surface area contributed by atoms with E-state index in [0.717, 1.165) is 60.6 Å². The van der Waals surface area contributed by atoms with E-state index in [0.29, 0.717) is 33.5 Å². The zero-order valence-electron chi connectivity index (χ0n) is 23.5.